The molecule has 2 heterocycles. The number of aromatic nitrogens is 2. The number of aromatic hydroxyl groups is 1. The van der Waals surface area contributed by atoms with Crippen LogP contribution in [-0.4, -0.2) is 39.0 Å². The number of phenols is 1. The molecule has 0 bridgehead atoms. The highest BCUT2D eigenvalue weighted by Gasteiger charge is 2.21. The number of nitrogens with one attached hydrogen (secondary N) is 1. The van der Waals surface area contributed by atoms with E-state index in [1.54, 1.807) is 18.2 Å². The maximum absolute atomic E-state index is 12.4. The lowest BCUT2D eigenvalue weighted by Crippen LogP contribution is -2.18. The van der Waals surface area contributed by atoms with Crippen molar-refractivity contribution in [1.29, 1.82) is 0 Å². The fourth-order valence-electron chi connectivity index (χ4n) is 3.39. The van der Waals surface area contributed by atoms with Crippen molar-refractivity contribution >= 4 is 23.4 Å². The number of phenolic OH excluding ortho intramolecular Hbond substituents is 1. The van der Waals surface area contributed by atoms with Crippen molar-refractivity contribution in [3.63, 3.8) is 0 Å². The van der Waals surface area contributed by atoms with Crippen molar-refractivity contribution in [3.05, 3.63) is 60.8 Å². The minimum atomic E-state index is -0.145. The first kappa shape index (κ1) is 19.5. The molecule has 0 saturated carbocycles. The maximum Gasteiger partial charge on any atom is 0.234 e. The number of anilines is 1. The molecule has 1 amide bonds. The summed E-state index contributed by atoms with van der Waals surface area (Å²) < 4.78 is 7.98. The summed E-state index contributed by atoms with van der Waals surface area (Å²) in [6.45, 7) is 1.52. The number of carbonyl (C=O) groups is 1. The zero-order chi connectivity index (χ0) is 20.1. The molecule has 0 aliphatic carbocycles. The van der Waals surface area contributed by atoms with Gasteiger partial charge in [0.25, 0.3) is 0 Å². The fraction of sp³-hybridized carbons (Fsp3) is 0.273. The molecule has 3 aromatic rings. The zero-order valence-corrected chi connectivity index (χ0v) is 16.8. The number of rotatable bonds is 7. The zero-order valence-electron chi connectivity index (χ0n) is 16.0. The van der Waals surface area contributed by atoms with Crippen LogP contribution in [0.2, 0.25) is 0 Å². The Morgan fingerprint density at radius 1 is 1.24 bits per heavy atom. The largest absolute Gasteiger partial charge is 0.508 e. The minimum absolute atomic E-state index is 0.120. The first-order chi connectivity index (χ1) is 14.2. The number of carbonyl (C=O) groups excluding carboxylic acids is 1. The van der Waals surface area contributed by atoms with Crippen LogP contribution in [0.25, 0.3) is 11.3 Å². The number of hydrogen-bond donors (Lipinski definition) is 2. The molecule has 7 heteroatoms. The molecule has 1 atom stereocenters. The molecule has 6 nitrogen and oxygen atoms in total. The van der Waals surface area contributed by atoms with Gasteiger partial charge in [0.2, 0.25) is 5.91 Å². The third-order valence-corrected chi connectivity index (χ3v) is 5.75. The summed E-state index contributed by atoms with van der Waals surface area (Å²) in [4.78, 5) is 16.9. The van der Waals surface area contributed by atoms with E-state index in [4.69, 9.17) is 4.74 Å². The second-order valence-electron chi connectivity index (χ2n) is 6.92. The van der Waals surface area contributed by atoms with Gasteiger partial charge in [-0.25, -0.2) is 4.98 Å². The van der Waals surface area contributed by atoms with Crippen LogP contribution in [0.5, 0.6) is 5.75 Å². The van der Waals surface area contributed by atoms with Crippen LogP contribution in [-0.2, 0) is 16.1 Å². The molecule has 0 radical (unpaired) electrons. The SMILES string of the molecule is O=C(CSc1ncc(-c2ccccc2)n1CC1CCCO1)Nc1cccc(O)c1. The van der Waals surface area contributed by atoms with Crippen LogP contribution in [0.1, 0.15) is 12.8 Å². The fourth-order valence-corrected chi connectivity index (χ4v) is 4.18. The highest BCUT2D eigenvalue weighted by Crippen LogP contribution is 2.28. The first-order valence-electron chi connectivity index (χ1n) is 9.63. The van der Waals surface area contributed by atoms with E-state index in [9.17, 15) is 9.90 Å². The quantitative estimate of drug-likeness (QED) is 0.573. The highest BCUT2D eigenvalue weighted by atomic mass is 32.2. The molecule has 29 heavy (non-hydrogen) atoms. The molecular weight excluding hydrogens is 386 g/mol. The second-order valence-corrected chi connectivity index (χ2v) is 7.87. The van der Waals surface area contributed by atoms with Crippen LogP contribution in [0.3, 0.4) is 0 Å². The molecule has 2 N–H and O–H groups in total. The van der Waals surface area contributed by atoms with E-state index in [2.05, 4.69) is 27.0 Å². The molecule has 1 aromatic heterocycles. The van der Waals surface area contributed by atoms with Gasteiger partial charge in [0.15, 0.2) is 5.16 Å². The molecule has 1 aliphatic heterocycles. The van der Waals surface area contributed by atoms with Gasteiger partial charge in [0.05, 0.1) is 30.3 Å². The lowest BCUT2D eigenvalue weighted by molar-refractivity contribution is -0.113. The number of hydrogen-bond acceptors (Lipinski definition) is 5. The number of ether oxygens (including phenoxy) is 1. The van der Waals surface area contributed by atoms with E-state index in [1.165, 1.54) is 17.8 Å². The number of imidazole rings is 1. The van der Waals surface area contributed by atoms with Gasteiger partial charge >= 0.3 is 0 Å². The summed E-state index contributed by atoms with van der Waals surface area (Å²) in [6.07, 6.45) is 4.15. The summed E-state index contributed by atoms with van der Waals surface area (Å²) in [7, 11) is 0. The number of nitrogens with zero attached hydrogens (tertiary/aromatic N) is 2. The van der Waals surface area contributed by atoms with Crippen LogP contribution < -0.4 is 5.32 Å². The lowest BCUT2D eigenvalue weighted by atomic mass is 10.1. The van der Waals surface area contributed by atoms with Crippen molar-refractivity contribution in [3.8, 4) is 17.0 Å². The normalized spacial score (nSPS) is 16.1. The van der Waals surface area contributed by atoms with Crippen molar-refractivity contribution < 1.29 is 14.6 Å². The molecule has 1 fully saturated rings. The monoisotopic (exact) mass is 409 g/mol. The molecule has 1 unspecified atom stereocenters. The van der Waals surface area contributed by atoms with Gasteiger partial charge in [0, 0.05) is 18.4 Å². The molecule has 0 spiro atoms. The van der Waals surface area contributed by atoms with Gasteiger partial charge in [-0.2, -0.15) is 0 Å². The van der Waals surface area contributed by atoms with Gasteiger partial charge < -0.3 is 19.7 Å². The Morgan fingerprint density at radius 3 is 2.86 bits per heavy atom. The van der Waals surface area contributed by atoms with E-state index >= 15 is 0 Å². The van der Waals surface area contributed by atoms with Crippen LogP contribution >= 0.6 is 11.8 Å². The minimum Gasteiger partial charge on any atom is -0.508 e. The van der Waals surface area contributed by atoms with Crippen LogP contribution in [0, 0.1) is 0 Å². The predicted octanol–water partition coefficient (Wildman–Crippen LogP) is 4.17. The highest BCUT2D eigenvalue weighted by molar-refractivity contribution is 7.99. The average molecular weight is 410 g/mol. The topological polar surface area (TPSA) is 76.4 Å². The van der Waals surface area contributed by atoms with Crippen molar-refractivity contribution in [2.45, 2.75) is 30.6 Å². The van der Waals surface area contributed by atoms with Crippen molar-refractivity contribution in [2.24, 2.45) is 0 Å². The van der Waals surface area contributed by atoms with Crippen LogP contribution in [0.4, 0.5) is 5.69 Å². The third-order valence-electron chi connectivity index (χ3n) is 4.76. The molecular formula is C22H23N3O3S. The summed E-state index contributed by atoms with van der Waals surface area (Å²) >= 11 is 1.40. The molecule has 2 aromatic carbocycles. The number of amides is 1. The van der Waals surface area contributed by atoms with Gasteiger partial charge in [0.1, 0.15) is 5.75 Å². The molecule has 150 valence electrons. The molecule has 1 aliphatic rings. The van der Waals surface area contributed by atoms with Crippen LogP contribution in [0.15, 0.2) is 66.0 Å². The number of thioether (sulfide) groups is 1. The number of benzene rings is 2. The van der Waals surface area contributed by atoms with Gasteiger partial charge in [-0.15, -0.1) is 0 Å². The predicted molar refractivity (Wildman–Crippen MR) is 114 cm³/mol. The Hall–Kier alpha value is -2.77. The Kier molecular flexibility index (Phi) is 6.17. The summed E-state index contributed by atoms with van der Waals surface area (Å²) in [5.74, 6) is 0.204. The van der Waals surface area contributed by atoms with Crippen molar-refractivity contribution in [1.82, 2.24) is 9.55 Å². The third kappa shape index (κ3) is 4.99. The Balaban J connectivity index is 1.48. The lowest BCUT2D eigenvalue weighted by Gasteiger charge is -2.16. The van der Waals surface area contributed by atoms with E-state index in [-0.39, 0.29) is 23.5 Å². The summed E-state index contributed by atoms with van der Waals surface area (Å²) in [5.41, 5.74) is 2.69. The smallest absolute Gasteiger partial charge is 0.234 e. The van der Waals surface area contributed by atoms with Gasteiger partial charge in [-0.05, 0) is 30.5 Å². The van der Waals surface area contributed by atoms with Gasteiger partial charge in [-0.3, -0.25) is 4.79 Å². The Morgan fingerprint density at radius 2 is 2.10 bits per heavy atom. The van der Waals surface area contributed by atoms with Crippen molar-refractivity contribution in [2.75, 3.05) is 17.7 Å². The standard InChI is InChI=1S/C22H23N3O3S/c26-18-9-4-8-17(12-18)24-21(27)15-29-22-23-13-20(16-6-2-1-3-7-16)25(22)14-19-10-5-11-28-19/h1-4,6-9,12-13,19,26H,5,10-11,14-15H2,(H,24,27). The Labute approximate surface area is 173 Å². The molecule has 4 rings (SSSR count). The summed E-state index contributed by atoms with van der Waals surface area (Å²) in [6, 6.07) is 16.7. The van der Waals surface area contributed by atoms with E-state index in [1.807, 2.05) is 24.4 Å². The molecule has 1 saturated heterocycles. The first-order valence-corrected chi connectivity index (χ1v) is 10.6. The Bertz CT molecular complexity index is 968. The van der Waals surface area contributed by atoms with E-state index in [0.717, 1.165) is 42.4 Å². The maximum atomic E-state index is 12.4. The average Bonchev–Trinajstić information content (AvgIpc) is 3.38. The van der Waals surface area contributed by atoms with Gasteiger partial charge in [-0.1, -0.05) is 48.2 Å². The summed E-state index contributed by atoms with van der Waals surface area (Å²) in [5, 5.41) is 13.1. The van der Waals surface area contributed by atoms with E-state index in [0.29, 0.717) is 5.69 Å². The van der Waals surface area contributed by atoms with E-state index < -0.39 is 0 Å². The second kappa shape index (κ2) is 9.15.